The van der Waals surface area contributed by atoms with Crippen molar-refractivity contribution in [1.29, 1.82) is 0 Å². The Morgan fingerprint density at radius 1 is 0.775 bits per heavy atom. The Hall–Kier alpha value is -6.67. The fraction of sp³-hybridized carbons (Fsp3) is 0.609. The molecule has 1 aromatic heterocycles. The Bertz CT molecular complexity index is 2820. The molecule has 25 heteroatoms. The highest BCUT2D eigenvalue weighted by Crippen LogP contribution is 2.33. The van der Waals surface area contributed by atoms with E-state index in [0.717, 1.165) is 11.8 Å². The molecule has 0 radical (unpaired) electrons. The van der Waals surface area contributed by atoms with Crippen LogP contribution in [-0.4, -0.2) is 166 Å². The van der Waals surface area contributed by atoms with E-state index in [1.807, 2.05) is 71.9 Å². The van der Waals surface area contributed by atoms with Crippen molar-refractivity contribution < 1.29 is 62.6 Å². The van der Waals surface area contributed by atoms with Crippen molar-refractivity contribution in [3.63, 3.8) is 0 Å². The van der Waals surface area contributed by atoms with E-state index in [1.54, 1.807) is 75.9 Å². The largest absolute Gasteiger partial charge is 0.445 e. The van der Waals surface area contributed by atoms with Gasteiger partial charge in [0.2, 0.25) is 35.4 Å². The van der Waals surface area contributed by atoms with Crippen LogP contribution in [0.4, 0.5) is 16.2 Å². The second-order valence-corrected chi connectivity index (χ2v) is 26.6. The highest BCUT2D eigenvalue weighted by atomic mass is 33.1. The number of carbonyl (C=O) groups is 8. The summed E-state index contributed by atoms with van der Waals surface area (Å²) in [4.78, 5) is 129. The number of carbonyl (C=O) groups excluding carboxylic acids is 8. The Labute approximate surface area is 532 Å². The number of aliphatic hydroxyl groups excluding tert-OH is 1. The molecular weight excluding hydrogens is 1180 g/mol. The van der Waals surface area contributed by atoms with Gasteiger partial charge in [0.25, 0.3) is 5.69 Å². The zero-order valence-corrected chi connectivity index (χ0v) is 55.9. The van der Waals surface area contributed by atoms with Crippen LogP contribution in [0.2, 0.25) is 0 Å². The van der Waals surface area contributed by atoms with Crippen LogP contribution in [0.25, 0.3) is 0 Å². The molecule has 1 aliphatic heterocycles. The minimum Gasteiger partial charge on any atom is -0.445 e. The summed E-state index contributed by atoms with van der Waals surface area (Å²) in [5.41, 5.74) is 1.57. The SMILES string of the molecule is CC[C@H](C)[C@@H]([C@@H](CC(=O)N1CCCC1[C@H](OC)[C@@H](C)C(=O)C[C@H](C)[C@@H](O)c1ccccc1)OC)N(C)C(=O)[C@@H](NC(=O)[C@H](C(C)C)N(C)C(=O)OCc1ccc(NC(=O)[C@H](C)NC(=O)[C@@H](NC(=O)CCSSc2ccc([N+](=O)[O-])cn2)C(C)C)cc1)C(C)C. The van der Waals surface area contributed by atoms with Gasteiger partial charge in [0.1, 0.15) is 47.8 Å². The summed E-state index contributed by atoms with van der Waals surface area (Å²) in [6.07, 6.45) is 0.309. The highest BCUT2D eigenvalue weighted by Gasteiger charge is 2.44. The van der Waals surface area contributed by atoms with E-state index in [1.165, 1.54) is 59.7 Å². The van der Waals surface area contributed by atoms with Crippen LogP contribution >= 0.6 is 21.6 Å². The number of nitrogens with one attached hydrogen (secondary N) is 4. The quantitative estimate of drug-likeness (QED) is 0.0160. The van der Waals surface area contributed by atoms with Crippen molar-refractivity contribution in [3.05, 3.63) is 94.2 Å². The first-order chi connectivity index (χ1) is 42.1. The molecule has 7 amide bonds. The van der Waals surface area contributed by atoms with Gasteiger partial charge in [-0.05, 0) is 89.5 Å². The summed E-state index contributed by atoms with van der Waals surface area (Å²) in [6, 6.07) is 13.6. The second kappa shape index (κ2) is 36.2. The molecule has 1 unspecified atom stereocenters. The molecule has 89 heavy (non-hydrogen) atoms. The van der Waals surface area contributed by atoms with Crippen molar-refractivity contribution in [2.75, 3.05) is 45.9 Å². The Balaban J connectivity index is 1.32. The first-order valence-corrected chi connectivity index (χ1v) is 32.9. The maximum Gasteiger partial charge on any atom is 0.410 e. The second-order valence-electron chi connectivity index (χ2n) is 24.1. The molecule has 0 spiro atoms. The number of pyridine rings is 1. The molecule has 3 aromatic rings. The Morgan fingerprint density at radius 2 is 1.43 bits per heavy atom. The molecule has 2 aromatic carbocycles. The average Bonchev–Trinajstić information content (AvgIpc) is 3.09. The number of nitrogens with zero attached hydrogens (tertiary/aromatic N) is 5. The number of aliphatic hydroxyl groups is 1. The Kier molecular flexibility index (Phi) is 30.5. The van der Waals surface area contributed by atoms with Gasteiger partial charge in [0, 0.05) is 71.1 Å². The van der Waals surface area contributed by atoms with Gasteiger partial charge in [-0.15, -0.1) is 0 Å². The topological polar surface area (TPSA) is 298 Å². The lowest BCUT2D eigenvalue weighted by molar-refractivity contribution is -0.385. The third-order valence-electron chi connectivity index (χ3n) is 16.5. The van der Waals surface area contributed by atoms with Gasteiger partial charge in [-0.2, -0.15) is 0 Å². The van der Waals surface area contributed by atoms with Crippen LogP contribution < -0.4 is 21.3 Å². The summed E-state index contributed by atoms with van der Waals surface area (Å²) < 4.78 is 17.8. The van der Waals surface area contributed by atoms with Crippen molar-refractivity contribution >= 4 is 80.3 Å². The zero-order chi connectivity index (χ0) is 66.4. The number of rotatable bonds is 35. The molecule has 23 nitrogen and oxygen atoms in total. The maximum absolute atomic E-state index is 14.8. The number of aromatic nitrogens is 1. The fourth-order valence-corrected chi connectivity index (χ4v) is 12.9. The summed E-state index contributed by atoms with van der Waals surface area (Å²) in [5.74, 6) is -4.51. The van der Waals surface area contributed by atoms with Crippen LogP contribution in [-0.2, 0) is 54.4 Å². The number of anilines is 1. The van der Waals surface area contributed by atoms with Crippen LogP contribution in [0.3, 0.4) is 0 Å². The monoisotopic (exact) mass is 1280 g/mol. The van der Waals surface area contributed by atoms with Gasteiger partial charge in [-0.3, -0.25) is 48.6 Å². The molecule has 4 rings (SSSR count). The minimum absolute atomic E-state index is 0.0658. The molecule has 0 saturated carbocycles. The van der Waals surface area contributed by atoms with Gasteiger partial charge < -0.3 is 50.4 Å². The van der Waals surface area contributed by atoms with Gasteiger partial charge in [0.15, 0.2) is 0 Å². The maximum atomic E-state index is 14.8. The van der Waals surface area contributed by atoms with E-state index in [2.05, 4.69) is 26.3 Å². The number of hydrogen-bond acceptors (Lipinski definition) is 17. The molecule has 1 saturated heterocycles. The molecule has 12 atom stereocenters. The molecule has 5 N–H and O–H groups in total. The Morgan fingerprint density at radius 3 is 1.99 bits per heavy atom. The first kappa shape index (κ1) is 74.8. The van der Waals surface area contributed by atoms with Gasteiger partial charge in [-0.25, -0.2) is 9.78 Å². The average molecular weight is 1280 g/mol. The van der Waals surface area contributed by atoms with Crippen molar-refractivity contribution in [2.24, 2.45) is 35.5 Å². The molecular formula is C64H95N9O14S2. The van der Waals surface area contributed by atoms with Crippen molar-refractivity contribution in [2.45, 2.75) is 181 Å². The number of ether oxygens (including phenoxy) is 3. The smallest absolute Gasteiger partial charge is 0.410 e. The normalized spacial score (nSPS) is 17.0. The van der Waals surface area contributed by atoms with Crippen LogP contribution in [0.5, 0.6) is 0 Å². The highest BCUT2D eigenvalue weighted by molar-refractivity contribution is 8.76. The van der Waals surface area contributed by atoms with Crippen LogP contribution in [0.1, 0.15) is 132 Å². The molecule has 1 aliphatic rings. The molecule has 2 heterocycles. The molecule has 1 fully saturated rings. The van der Waals surface area contributed by atoms with E-state index >= 15 is 0 Å². The summed E-state index contributed by atoms with van der Waals surface area (Å²) in [6.45, 7) is 20.1. The molecule has 0 aliphatic carbocycles. The third-order valence-corrected chi connectivity index (χ3v) is 18.7. The van der Waals surface area contributed by atoms with Gasteiger partial charge in [-0.1, -0.05) is 129 Å². The van der Waals surface area contributed by atoms with Gasteiger partial charge in [0.05, 0.1) is 41.7 Å². The van der Waals surface area contributed by atoms with E-state index in [9.17, 15) is 53.6 Å². The van der Waals surface area contributed by atoms with Crippen LogP contribution in [0, 0.1) is 45.6 Å². The predicted molar refractivity (Wildman–Crippen MR) is 343 cm³/mol. The van der Waals surface area contributed by atoms with Crippen molar-refractivity contribution in [3.8, 4) is 0 Å². The standard InChI is InChI=1S/C64H95N9O14S2/c1-16-40(8)57(50(85-14)34-53(76)72-31-20-23-48(72)59(86-15)42(10)49(74)33-41(9)58(77)45-21-18-17-19-22-45)70(12)63(81)55(38(4)5)69-62(80)56(39(6)7)71(13)64(82)87-36-44-24-26-46(27-25-44)67-60(78)43(11)66-61(79)54(37(2)3)68-51(75)30-32-88-89-52-29-28-47(35-65-52)73(83)84/h17-19,21-22,24-29,35,37-43,48,50,54-59,77H,16,20,23,30-34,36H2,1-15H3,(H,66,79)(H,67,78)(H,68,75)(H,69,80)/t40-,41-,42-,43-,48?,50+,54-,55-,56-,57-,58+,59+/m0/s1. The van der Waals surface area contributed by atoms with Crippen LogP contribution in [0.15, 0.2) is 78.0 Å². The van der Waals surface area contributed by atoms with E-state index in [-0.39, 0.29) is 72.9 Å². The first-order valence-electron chi connectivity index (χ1n) is 30.5. The number of Topliss-reactive ketones (excluding diaryl/α,β-unsaturated/α-hetero) is 1. The van der Waals surface area contributed by atoms with Gasteiger partial charge >= 0.3 is 6.09 Å². The number of likely N-dealkylation sites (tertiary alicyclic amines) is 1. The number of benzene rings is 2. The van der Waals surface area contributed by atoms with E-state index in [0.29, 0.717) is 47.8 Å². The molecule has 492 valence electrons. The number of methoxy groups -OCH3 is 2. The summed E-state index contributed by atoms with van der Waals surface area (Å²) >= 11 is 0. The lowest BCUT2D eigenvalue weighted by atomic mass is 9.85. The third kappa shape index (κ3) is 21.8. The number of hydrogen-bond donors (Lipinski definition) is 5. The number of likely N-dealkylation sites (N-methyl/N-ethyl adjacent to an activating group) is 2. The number of ketones is 1. The summed E-state index contributed by atoms with van der Waals surface area (Å²) in [5, 5.41) is 33.5. The van der Waals surface area contributed by atoms with E-state index < -0.39 is 101 Å². The molecule has 0 bridgehead atoms. The predicted octanol–water partition coefficient (Wildman–Crippen LogP) is 8.39. The van der Waals surface area contributed by atoms with Crippen molar-refractivity contribution in [1.82, 2.24) is 35.6 Å². The number of nitro groups is 1. The van der Waals surface area contributed by atoms with E-state index in [4.69, 9.17) is 14.2 Å². The lowest BCUT2D eigenvalue weighted by Gasteiger charge is -2.41. The minimum atomic E-state index is -1.06. The number of amides is 7. The fourth-order valence-electron chi connectivity index (χ4n) is 11.0. The zero-order valence-electron chi connectivity index (χ0n) is 54.3. The summed E-state index contributed by atoms with van der Waals surface area (Å²) in [7, 11) is 8.75. The lowest BCUT2D eigenvalue weighted by Crippen LogP contribution is -2.60.